The van der Waals surface area contributed by atoms with Crippen LogP contribution in [0.25, 0.3) is 6.08 Å². The maximum Gasteiger partial charge on any atom is 0.303 e. The smallest absolute Gasteiger partial charge is 0.303 e. The van der Waals surface area contributed by atoms with Gasteiger partial charge in [0, 0.05) is 27.7 Å². The molecule has 2 heterocycles. The second-order valence-corrected chi connectivity index (χ2v) is 9.73. The minimum Gasteiger partial charge on any atom is -0.463 e. The number of thioether (sulfide) groups is 1. The van der Waals surface area contributed by atoms with Crippen LogP contribution in [0.4, 0.5) is 0 Å². The SMILES string of the molecule is CC(=O)OCC1OC(N2C(=O)/C(=C\c3ccccc3)SC2=S)C(OC(C)=O)C(OC(C)=O)C1OC(C)=O. The molecule has 2 fully saturated rings. The molecule has 11 nitrogen and oxygen atoms in total. The van der Waals surface area contributed by atoms with Crippen molar-refractivity contribution in [2.45, 2.75) is 58.3 Å². The zero-order chi connectivity index (χ0) is 27.3. The summed E-state index contributed by atoms with van der Waals surface area (Å²) < 4.78 is 27.4. The Morgan fingerprint density at radius 2 is 1.49 bits per heavy atom. The molecular formula is C24H25NO10S2. The van der Waals surface area contributed by atoms with Gasteiger partial charge < -0.3 is 23.7 Å². The Kier molecular flexibility index (Phi) is 9.40. The summed E-state index contributed by atoms with van der Waals surface area (Å²) in [5.74, 6) is -3.50. The van der Waals surface area contributed by atoms with E-state index in [1.165, 1.54) is 6.92 Å². The van der Waals surface area contributed by atoms with Gasteiger partial charge in [-0.15, -0.1) is 0 Å². The number of thiocarbonyl (C=S) groups is 1. The first-order valence-electron chi connectivity index (χ1n) is 11.1. The Morgan fingerprint density at radius 3 is 2.05 bits per heavy atom. The van der Waals surface area contributed by atoms with Crippen molar-refractivity contribution in [2.24, 2.45) is 0 Å². The van der Waals surface area contributed by atoms with Crippen LogP contribution in [0.2, 0.25) is 0 Å². The molecule has 0 N–H and O–H groups in total. The molecule has 0 saturated carbocycles. The molecule has 5 unspecified atom stereocenters. The van der Waals surface area contributed by atoms with Gasteiger partial charge >= 0.3 is 23.9 Å². The van der Waals surface area contributed by atoms with E-state index >= 15 is 0 Å². The summed E-state index contributed by atoms with van der Waals surface area (Å²) in [7, 11) is 0. The van der Waals surface area contributed by atoms with Crippen molar-refractivity contribution in [3.63, 3.8) is 0 Å². The molecule has 1 aromatic rings. The molecular weight excluding hydrogens is 526 g/mol. The lowest BCUT2D eigenvalue weighted by Crippen LogP contribution is -2.66. The third-order valence-electron chi connectivity index (χ3n) is 5.14. The van der Waals surface area contributed by atoms with Gasteiger partial charge in [-0.25, -0.2) is 0 Å². The van der Waals surface area contributed by atoms with E-state index in [1.54, 1.807) is 18.2 Å². The van der Waals surface area contributed by atoms with Gasteiger partial charge in [-0.1, -0.05) is 54.3 Å². The summed E-state index contributed by atoms with van der Waals surface area (Å²) in [6.07, 6.45) is -5.12. The van der Waals surface area contributed by atoms with Crippen LogP contribution in [0.15, 0.2) is 35.2 Å². The molecule has 37 heavy (non-hydrogen) atoms. The molecule has 0 spiro atoms. The van der Waals surface area contributed by atoms with E-state index in [0.717, 1.165) is 43.0 Å². The van der Waals surface area contributed by atoms with Crippen molar-refractivity contribution < 1.29 is 47.7 Å². The van der Waals surface area contributed by atoms with Gasteiger partial charge in [-0.3, -0.25) is 28.9 Å². The Hall–Kier alpha value is -3.29. The number of rotatable bonds is 7. The fourth-order valence-corrected chi connectivity index (χ4v) is 5.12. The average Bonchev–Trinajstić information content (AvgIpc) is 3.07. The highest BCUT2D eigenvalue weighted by Crippen LogP contribution is 2.39. The predicted molar refractivity (Wildman–Crippen MR) is 133 cm³/mol. The monoisotopic (exact) mass is 551 g/mol. The average molecular weight is 552 g/mol. The van der Waals surface area contributed by atoms with Crippen molar-refractivity contribution >= 4 is 64.2 Å². The first kappa shape index (κ1) is 28.3. The van der Waals surface area contributed by atoms with Gasteiger partial charge in [-0.05, 0) is 11.6 Å². The summed E-state index contributed by atoms with van der Waals surface area (Å²) >= 11 is 6.46. The fraction of sp³-hybridized carbons (Fsp3) is 0.417. The summed E-state index contributed by atoms with van der Waals surface area (Å²) in [5.41, 5.74) is 0.754. The number of amides is 1. The maximum atomic E-state index is 13.5. The van der Waals surface area contributed by atoms with Crippen molar-refractivity contribution in [2.75, 3.05) is 6.61 Å². The Labute approximate surface area is 222 Å². The van der Waals surface area contributed by atoms with Gasteiger partial charge in [-0.2, -0.15) is 0 Å². The first-order valence-corrected chi connectivity index (χ1v) is 12.3. The zero-order valence-corrected chi connectivity index (χ0v) is 22.0. The molecule has 0 bridgehead atoms. The van der Waals surface area contributed by atoms with Crippen LogP contribution in [0.5, 0.6) is 0 Å². The van der Waals surface area contributed by atoms with Crippen LogP contribution in [0.1, 0.15) is 33.3 Å². The molecule has 2 aliphatic rings. The summed E-state index contributed by atoms with van der Waals surface area (Å²) in [6, 6.07) is 9.07. The minimum absolute atomic E-state index is 0.0908. The fourth-order valence-electron chi connectivity index (χ4n) is 3.81. The van der Waals surface area contributed by atoms with Gasteiger partial charge in [0.15, 0.2) is 28.9 Å². The highest BCUT2D eigenvalue weighted by Gasteiger charge is 2.56. The van der Waals surface area contributed by atoms with E-state index in [2.05, 4.69) is 0 Å². The van der Waals surface area contributed by atoms with E-state index in [9.17, 15) is 24.0 Å². The van der Waals surface area contributed by atoms with Crippen molar-refractivity contribution in [3.05, 3.63) is 40.8 Å². The van der Waals surface area contributed by atoms with Crippen molar-refractivity contribution in [1.29, 1.82) is 0 Å². The number of hydrogen-bond donors (Lipinski definition) is 0. The molecule has 198 valence electrons. The van der Waals surface area contributed by atoms with Crippen LogP contribution in [0, 0.1) is 0 Å². The second-order valence-electron chi connectivity index (χ2n) is 8.05. The molecule has 2 saturated heterocycles. The lowest BCUT2D eigenvalue weighted by molar-refractivity contribution is -0.268. The second kappa shape index (κ2) is 12.3. The maximum absolute atomic E-state index is 13.5. The molecule has 1 aromatic carbocycles. The quantitative estimate of drug-likeness (QED) is 0.212. The van der Waals surface area contributed by atoms with Crippen LogP contribution in [0.3, 0.4) is 0 Å². The number of esters is 4. The van der Waals surface area contributed by atoms with Crippen molar-refractivity contribution in [3.8, 4) is 0 Å². The molecule has 0 aliphatic carbocycles. The van der Waals surface area contributed by atoms with E-state index in [0.29, 0.717) is 0 Å². The van der Waals surface area contributed by atoms with Crippen LogP contribution >= 0.6 is 24.0 Å². The molecule has 3 rings (SSSR count). The number of benzene rings is 1. The summed E-state index contributed by atoms with van der Waals surface area (Å²) in [5, 5.41) is 0. The number of carbonyl (C=O) groups excluding carboxylic acids is 5. The van der Waals surface area contributed by atoms with Gasteiger partial charge in [0.2, 0.25) is 0 Å². The molecule has 0 radical (unpaired) electrons. The lowest BCUT2D eigenvalue weighted by Gasteiger charge is -2.46. The van der Waals surface area contributed by atoms with Crippen LogP contribution in [-0.2, 0) is 47.7 Å². The standard InChI is InChI=1S/C24H25NO10S2/c1-12(26)31-11-17-19(32-13(2)27)20(33-14(3)28)21(34-15(4)29)23(35-17)25-22(30)18(37-24(25)36)10-16-8-6-5-7-9-16/h5-10,17,19-21,23H,11H2,1-4H3/b18-10+. The molecule has 5 atom stereocenters. The number of ether oxygens (including phenoxy) is 5. The normalized spacial score (nSPS) is 26.5. The van der Waals surface area contributed by atoms with Crippen molar-refractivity contribution in [1.82, 2.24) is 4.90 Å². The van der Waals surface area contributed by atoms with E-state index in [4.69, 9.17) is 35.9 Å². The van der Waals surface area contributed by atoms with Gasteiger partial charge in [0.1, 0.15) is 12.7 Å². The largest absolute Gasteiger partial charge is 0.463 e. The third-order valence-corrected chi connectivity index (χ3v) is 6.47. The molecule has 13 heteroatoms. The zero-order valence-electron chi connectivity index (χ0n) is 20.4. The van der Waals surface area contributed by atoms with Gasteiger partial charge in [0.25, 0.3) is 5.91 Å². The van der Waals surface area contributed by atoms with Crippen LogP contribution in [-0.4, -0.2) is 76.3 Å². The topological polar surface area (TPSA) is 135 Å². The lowest BCUT2D eigenvalue weighted by atomic mass is 9.96. The highest BCUT2D eigenvalue weighted by molar-refractivity contribution is 8.26. The minimum atomic E-state index is -1.43. The van der Waals surface area contributed by atoms with Gasteiger partial charge in [0.05, 0.1) is 4.91 Å². The molecule has 1 amide bonds. The van der Waals surface area contributed by atoms with E-state index < -0.39 is 67.0 Å². The number of hydrogen-bond acceptors (Lipinski definition) is 12. The summed E-state index contributed by atoms with van der Waals surface area (Å²) in [6.45, 7) is 4.11. The molecule has 2 aliphatic heterocycles. The van der Waals surface area contributed by atoms with Crippen LogP contribution < -0.4 is 0 Å². The number of carbonyl (C=O) groups is 5. The Bertz CT molecular complexity index is 1120. The Morgan fingerprint density at radius 1 is 0.919 bits per heavy atom. The summed E-state index contributed by atoms with van der Waals surface area (Å²) in [4.78, 5) is 62.3. The Balaban J connectivity index is 2.05. The van der Waals surface area contributed by atoms with E-state index in [-0.39, 0.29) is 9.23 Å². The first-order chi connectivity index (χ1) is 17.5. The predicted octanol–water partition coefficient (Wildman–Crippen LogP) is 1.97. The highest BCUT2D eigenvalue weighted by atomic mass is 32.2. The third kappa shape index (κ3) is 7.14. The van der Waals surface area contributed by atoms with E-state index in [1.807, 2.05) is 18.2 Å². The number of nitrogens with zero attached hydrogens (tertiary/aromatic N) is 1. The molecule has 0 aromatic heterocycles.